The quantitative estimate of drug-likeness (QED) is 0.734. The van der Waals surface area contributed by atoms with Crippen molar-refractivity contribution in [2.45, 2.75) is 19.4 Å². The highest BCUT2D eigenvalue weighted by Gasteiger charge is 2.39. The van der Waals surface area contributed by atoms with Gasteiger partial charge in [0.05, 0.1) is 42.6 Å². The van der Waals surface area contributed by atoms with Crippen molar-refractivity contribution in [3.63, 3.8) is 0 Å². The molecular weight excluding hydrogens is 401 g/mol. The SMILES string of the molecule is CC=C1CCN(C[C@H]2CN(c3ccc(N4CCOCC4)c(F)c3)C(=O)O2)S1(=O)=O. The van der Waals surface area contributed by atoms with Crippen LogP contribution in [0.3, 0.4) is 0 Å². The first kappa shape index (κ1) is 20.1. The first-order chi connectivity index (χ1) is 13.9. The summed E-state index contributed by atoms with van der Waals surface area (Å²) in [5.41, 5.74) is 0.869. The fourth-order valence-electron chi connectivity index (χ4n) is 3.91. The summed E-state index contributed by atoms with van der Waals surface area (Å²) in [5, 5.41) is 0. The van der Waals surface area contributed by atoms with E-state index in [1.807, 2.05) is 4.90 Å². The third-order valence-corrected chi connectivity index (χ3v) is 7.59. The van der Waals surface area contributed by atoms with Crippen molar-refractivity contribution in [1.82, 2.24) is 4.31 Å². The molecule has 3 heterocycles. The van der Waals surface area contributed by atoms with E-state index in [0.717, 1.165) is 0 Å². The zero-order valence-corrected chi connectivity index (χ0v) is 17.0. The number of ether oxygens (including phenoxy) is 2. The van der Waals surface area contributed by atoms with Gasteiger partial charge in [0.25, 0.3) is 0 Å². The van der Waals surface area contributed by atoms with Crippen molar-refractivity contribution in [3.8, 4) is 0 Å². The number of carbonyl (C=O) groups is 1. The summed E-state index contributed by atoms with van der Waals surface area (Å²) >= 11 is 0. The van der Waals surface area contributed by atoms with Crippen LogP contribution < -0.4 is 9.80 Å². The summed E-state index contributed by atoms with van der Waals surface area (Å²) < 4.78 is 51.5. The monoisotopic (exact) mass is 425 g/mol. The third kappa shape index (κ3) is 3.84. The number of allylic oxidation sites excluding steroid dienone is 1. The molecule has 158 valence electrons. The number of halogens is 1. The molecule has 0 aliphatic carbocycles. The molecule has 3 aliphatic heterocycles. The van der Waals surface area contributed by atoms with Gasteiger partial charge in [0.1, 0.15) is 11.9 Å². The summed E-state index contributed by atoms with van der Waals surface area (Å²) in [5.74, 6) is -0.416. The molecule has 0 spiro atoms. The molecule has 3 fully saturated rings. The minimum absolute atomic E-state index is 0.0935. The molecule has 3 aliphatic rings. The molecule has 8 nitrogen and oxygen atoms in total. The highest BCUT2D eigenvalue weighted by Crippen LogP contribution is 2.30. The van der Waals surface area contributed by atoms with Gasteiger partial charge in [-0.2, -0.15) is 4.31 Å². The van der Waals surface area contributed by atoms with Crippen LogP contribution in [0.15, 0.2) is 29.2 Å². The van der Waals surface area contributed by atoms with Crippen molar-refractivity contribution in [3.05, 3.63) is 35.0 Å². The van der Waals surface area contributed by atoms with E-state index in [1.54, 1.807) is 25.1 Å². The zero-order valence-electron chi connectivity index (χ0n) is 16.2. The number of hydrogen-bond donors (Lipinski definition) is 0. The largest absolute Gasteiger partial charge is 0.443 e. The number of anilines is 2. The zero-order chi connectivity index (χ0) is 20.6. The highest BCUT2D eigenvalue weighted by molar-refractivity contribution is 7.93. The minimum Gasteiger partial charge on any atom is -0.443 e. The van der Waals surface area contributed by atoms with E-state index >= 15 is 0 Å². The summed E-state index contributed by atoms with van der Waals surface area (Å²) in [6.45, 7) is 4.67. The molecule has 0 aromatic heterocycles. The second-order valence-electron chi connectivity index (χ2n) is 7.22. The Balaban J connectivity index is 1.45. The summed E-state index contributed by atoms with van der Waals surface area (Å²) in [6, 6.07) is 4.65. The number of rotatable bonds is 4. The van der Waals surface area contributed by atoms with Crippen molar-refractivity contribution < 1.29 is 27.1 Å². The lowest BCUT2D eigenvalue weighted by Crippen LogP contribution is -2.37. The van der Waals surface area contributed by atoms with Crippen LogP contribution in [0.25, 0.3) is 0 Å². The summed E-state index contributed by atoms with van der Waals surface area (Å²) in [7, 11) is -3.48. The molecule has 1 atom stereocenters. The molecule has 4 rings (SSSR count). The Bertz CT molecular complexity index is 930. The number of amides is 1. The topological polar surface area (TPSA) is 79.4 Å². The first-order valence-electron chi connectivity index (χ1n) is 9.66. The van der Waals surface area contributed by atoms with E-state index in [4.69, 9.17) is 9.47 Å². The third-order valence-electron chi connectivity index (χ3n) is 5.48. The molecule has 1 aromatic carbocycles. The van der Waals surface area contributed by atoms with Crippen LogP contribution in [-0.4, -0.2) is 70.9 Å². The van der Waals surface area contributed by atoms with Gasteiger partial charge in [0, 0.05) is 19.6 Å². The number of morpholine rings is 1. The minimum atomic E-state index is -3.48. The van der Waals surface area contributed by atoms with Crippen LogP contribution in [0, 0.1) is 5.82 Å². The average molecular weight is 425 g/mol. The molecular formula is C19H24FN3O5S. The van der Waals surface area contributed by atoms with E-state index in [9.17, 15) is 17.6 Å². The highest BCUT2D eigenvalue weighted by atomic mass is 32.2. The van der Waals surface area contributed by atoms with E-state index in [0.29, 0.717) is 55.5 Å². The molecule has 3 saturated heterocycles. The van der Waals surface area contributed by atoms with Crippen LogP contribution in [0.1, 0.15) is 13.3 Å². The number of sulfonamides is 1. The maximum absolute atomic E-state index is 14.7. The summed E-state index contributed by atoms with van der Waals surface area (Å²) in [6.07, 6.45) is 0.852. The van der Waals surface area contributed by atoms with Crippen molar-refractivity contribution >= 4 is 27.5 Å². The maximum Gasteiger partial charge on any atom is 0.414 e. The van der Waals surface area contributed by atoms with Gasteiger partial charge < -0.3 is 14.4 Å². The predicted molar refractivity (Wildman–Crippen MR) is 106 cm³/mol. The molecule has 1 aromatic rings. The Morgan fingerprint density at radius 1 is 1.24 bits per heavy atom. The number of hydrogen-bond acceptors (Lipinski definition) is 6. The van der Waals surface area contributed by atoms with Crippen LogP contribution in [0.5, 0.6) is 0 Å². The van der Waals surface area contributed by atoms with Gasteiger partial charge in [-0.15, -0.1) is 0 Å². The first-order valence-corrected chi connectivity index (χ1v) is 11.1. The Labute approximate surface area is 169 Å². The Kier molecular flexibility index (Phi) is 5.50. The van der Waals surface area contributed by atoms with Gasteiger partial charge in [-0.25, -0.2) is 17.6 Å². The van der Waals surface area contributed by atoms with Crippen molar-refractivity contribution in [1.29, 1.82) is 0 Å². The Hall–Kier alpha value is -2.17. The maximum atomic E-state index is 14.7. The van der Waals surface area contributed by atoms with Crippen molar-refractivity contribution in [2.75, 3.05) is 55.7 Å². The Morgan fingerprint density at radius 3 is 2.66 bits per heavy atom. The van der Waals surface area contributed by atoms with Crippen LogP contribution in [0.4, 0.5) is 20.6 Å². The van der Waals surface area contributed by atoms with E-state index < -0.39 is 28.0 Å². The standard InChI is InChI=1S/C19H24FN3O5S/c1-2-16-5-6-22(29(16,25)26)12-15-13-23(19(24)28-15)14-3-4-18(17(20)11-14)21-7-9-27-10-8-21/h2-4,11,15H,5-10,12-13H2,1H3/t15-/m0/s1. The molecule has 10 heteroatoms. The average Bonchev–Trinajstić information content (AvgIpc) is 3.21. The predicted octanol–water partition coefficient (Wildman–Crippen LogP) is 1.93. The lowest BCUT2D eigenvalue weighted by atomic mass is 10.2. The van der Waals surface area contributed by atoms with E-state index in [-0.39, 0.29) is 13.1 Å². The van der Waals surface area contributed by atoms with Crippen molar-refractivity contribution in [2.24, 2.45) is 0 Å². The molecule has 0 unspecified atom stereocenters. The van der Waals surface area contributed by atoms with Gasteiger partial charge >= 0.3 is 6.09 Å². The molecule has 0 radical (unpaired) electrons. The lowest BCUT2D eigenvalue weighted by Gasteiger charge is -2.29. The molecule has 29 heavy (non-hydrogen) atoms. The van der Waals surface area contributed by atoms with Gasteiger partial charge in [-0.3, -0.25) is 4.90 Å². The molecule has 0 bridgehead atoms. The number of benzene rings is 1. The molecule has 0 saturated carbocycles. The summed E-state index contributed by atoms with van der Waals surface area (Å²) in [4.78, 5) is 16.0. The fourth-order valence-corrected chi connectivity index (χ4v) is 5.58. The second-order valence-corrected chi connectivity index (χ2v) is 9.21. The Morgan fingerprint density at radius 2 is 2.00 bits per heavy atom. The van der Waals surface area contributed by atoms with Gasteiger partial charge in [0.15, 0.2) is 0 Å². The van der Waals surface area contributed by atoms with Gasteiger partial charge in [-0.05, 0) is 31.5 Å². The fraction of sp³-hybridized carbons (Fsp3) is 0.526. The van der Waals surface area contributed by atoms with Crippen LogP contribution in [0.2, 0.25) is 0 Å². The normalized spacial score (nSPS) is 26.3. The smallest absolute Gasteiger partial charge is 0.414 e. The number of nitrogens with zero attached hydrogens (tertiary/aromatic N) is 3. The molecule has 1 amide bonds. The van der Waals surface area contributed by atoms with Crippen LogP contribution in [-0.2, 0) is 19.5 Å². The number of cyclic esters (lactones) is 1. The second kappa shape index (κ2) is 7.92. The van der Waals surface area contributed by atoms with E-state index in [1.165, 1.54) is 15.3 Å². The molecule has 0 N–H and O–H groups in total. The number of carbonyl (C=O) groups excluding carboxylic acids is 1. The van der Waals surface area contributed by atoms with E-state index in [2.05, 4.69) is 0 Å². The van der Waals surface area contributed by atoms with Gasteiger partial charge in [0.2, 0.25) is 10.0 Å². The lowest BCUT2D eigenvalue weighted by molar-refractivity contribution is 0.122. The van der Waals surface area contributed by atoms with Gasteiger partial charge in [-0.1, -0.05) is 6.08 Å². The van der Waals surface area contributed by atoms with Crippen LogP contribution >= 0.6 is 0 Å².